The number of amides is 1. The Morgan fingerprint density at radius 1 is 1.10 bits per heavy atom. The predicted molar refractivity (Wildman–Crippen MR) is 115 cm³/mol. The lowest BCUT2D eigenvalue weighted by Crippen LogP contribution is -2.29. The summed E-state index contributed by atoms with van der Waals surface area (Å²) in [6.07, 6.45) is 3.88. The van der Waals surface area contributed by atoms with Gasteiger partial charge in [-0.2, -0.15) is 0 Å². The highest BCUT2D eigenvalue weighted by atomic mass is 16.3. The maximum atomic E-state index is 13.2. The molecule has 0 bridgehead atoms. The van der Waals surface area contributed by atoms with Crippen LogP contribution in [0.2, 0.25) is 0 Å². The van der Waals surface area contributed by atoms with Crippen molar-refractivity contribution in [2.24, 2.45) is 0 Å². The number of furan rings is 1. The lowest BCUT2D eigenvalue weighted by molar-refractivity contribution is 0.0934. The van der Waals surface area contributed by atoms with Crippen molar-refractivity contribution in [2.45, 2.75) is 32.2 Å². The number of benzene rings is 2. The van der Waals surface area contributed by atoms with Gasteiger partial charge >= 0.3 is 0 Å². The van der Waals surface area contributed by atoms with Crippen LogP contribution in [0.4, 0.5) is 0 Å². The molecule has 0 spiro atoms. The van der Waals surface area contributed by atoms with E-state index in [1.54, 1.807) is 6.92 Å². The standard InChI is InChI=1S/C24H23N3O3/c1-16-20(21-22(28)25-15-26-24(21)30-16)23(29)27-19(18-12-6-3-7-13-18)14-8-11-17-9-4-2-5-10-17/h2-7,9-10,12-13,15,19H,8,11,14H2,1H3,(H,27,29)(H,25,26,28). The second-order valence-electron chi connectivity index (χ2n) is 7.26. The molecule has 2 aromatic heterocycles. The zero-order chi connectivity index (χ0) is 20.9. The third kappa shape index (κ3) is 4.17. The van der Waals surface area contributed by atoms with Crippen LogP contribution in [0.15, 0.2) is 76.2 Å². The minimum atomic E-state index is -0.387. The summed E-state index contributed by atoms with van der Waals surface area (Å²) in [7, 11) is 0. The van der Waals surface area contributed by atoms with Crippen molar-refractivity contribution in [2.75, 3.05) is 0 Å². The SMILES string of the molecule is Cc1oc2nc[nH]c(=O)c2c1C(=O)NC(CCCc1ccccc1)c1ccccc1. The smallest absolute Gasteiger partial charge is 0.262 e. The average molecular weight is 401 g/mol. The summed E-state index contributed by atoms with van der Waals surface area (Å²) in [6, 6.07) is 20.0. The number of fused-ring (bicyclic) bond motifs is 1. The molecule has 6 heteroatoms. The molecule has 1 unspecified atom stereocenters. The fourth-order valence-corrected chi connectivity index (χ4v) is 3.72. The summed E-state index contributed by atoms with van der Waals surface area (Å²) in [4.78, 5) is 32.0. The van der Waals surface area contributed by atoms with Crippen molar-refractivity contribution >= 4 is 17.0 Å². The van der Waals surface area contributed by atoms with E-state index in [0.29, 0.717) is 5.76 Å². The second kappa shape index (κ2) is 8.78. The van der Waals surface area contributed by atoms with Crippen LogP contribution in [0.3, 0.4) is 0 Å². The first-order valence-corrected chi connectivity index (χ1v) is 10.00. The maximum Gasteiger partial charge on any atom is 0.262 e. The minimum absolute atomic E-state index is 0.168. The Bertz CT molecular complexity index is 1200. The largest absolute Gasteiger partial charge is 0.442 e. The van der Waals surface area contributed by atoms with Crippen LogP contribution in [-0.4, -0.2) is 15.9 Å². The molecule has 2 N–H and O–H groups in total. The number of carbonyl (C=O) groups is 1. The third-order valence-corrected chi connectivity index (χ3v) is 5.21. The molecule has 152 valence electrons. The summed E-state index contributed by atoms with van der Waals surface area (Å²) >= 11 is 0. The van der Waals surface area contributed by atoms with Gasteiger partial charge < -0.3 is 14.7 Å². The van der Waals surface area contributed by atoms with Crippen molar-refractivity contribution in [3.63, 3.8) is 0 Å². The number of aryl methyl sites for hydroxylation is 2. The van der Waals surface area contributed by atoms with Gasteiger partial charge in [0.2, 0.25) is 5.71 Å². The molecule has 4 aromatic rings. The summed E-state index contributed by atoms with van der Waals surface area (Å²) in [5, 5.41) is 3.29. The number of carbonyl (C=O) groups excluding carboxylic acids is 1. The number of aromatic amines is 1. The monoisotopic (exact) mass is 401 g/mol. The molecule has 0 saturated heterocycles. The van der Waals surface area contributed by atoms with Crippen LogP contribution in [0.25, 0.3) is 11.1 Å². The van der Waals surface area contributed by atoms with Crippen LogP contribution in [-0.2, 0) is 6.42 Å². The van der Waals surface area contributed by atoms with E-state index in [9.17, 15) is 9.59 Å². The minimum Gasteiger partial charge on any atom is -0.442 e. The van der Waals surface area contributed by atoms with E-state index >= 15 is 0 Å². The summed E-state index contributed by atoms with van der Waals surface area (Å²) in [5.41, 5.74) is 2.31. The van der Waals surface area contributed by atoms with E-state index in [2.05, 4.69) is 27.4 Å². The van der Waals surface area contributed by atoms with Gasteiger partial charge in [0, 0.05) is 0 Å². The number of hydrogen-bond acceptors (Lipinski definition) is 4. The van der Waals surface area contributed by atoms with E-state index in [1.807, 2.05) is 48.5 Å². The van der Waals surface area contributed by atoms with Crippen molar-refractivity contribution in [1.29, 1.82) is 0 Å². The molecular weight excluding hydrogens is 378 g/mol. The van der Waals surface area contributed by atoms with Crippen LogP contribution < -0.4 is 10.9 Å². The first kappa shape index (κ1) is 19.6. The van der Waals surface area contributed by atoms with E-state index < -0.39 is 0 Å². The number of hydrogen-bond donors (Lipinski definition) is 2. The summed E-state index contributed by atoms with van der Waals surface area (Å²) in [6.45, 7) is 1.67. The molecule has 2 heterocycles. The Kier molecular flexibility index (Phi) is 5.75. The maximum absolute atomic E-state index is 13.2. The van der Waals surface area contributed by atoms with Gasteiger partial charge in [-0.05, 0) is 37.3 Å². The van der Waals surface area contributed by atoms with Crippen molar-refractivity contribution < 1.29 is 9.21 Å². The molecule has 0 radical (unpaired) electrons. The Hall–Kier alpha value is -3.67. The zero-order valence-corrected chi connectivity index (χ0v) is 16.7. The highest BCUT2D eigenvalue weighted by Crippen LogP contribution is 2.24. The van der Waals surface area contributed by atoms with Gasteiger partial charge in [0.1, 0.15) is 11.1 Å². The fourth-order valence-electron chi connectivity index (χ4n) is 3.72. The molecule has 2 aromatic carbocycles. The predicted octanol–water partition coefficient (Wildman–Crippen LogP) is 4.32. The highest BCUT2D eigenvalue weighted by molar-refractivity contribution is 6.06. The van der Waals surface area contributed by atoms with Gasteiger partial charge in [-0.3, -0.25) is 9.59 Å². The Morgan fingerprint density at radius 3 is 2.53 bits per heavy atom. The van der Waals surface area contributed by atoms with E-state index in [1.165, 1.54) is 11.9 Å². The van der Waals surface area contributed by atoms with Crippen LogP contribution >= 0.6 is 0 Å². The number of nitrogens with zero attached hydrogens (tertiary/aromatic N) is 1. The molecule has 1 atom stereocenters. The van der Waals surface area contributed by atoms with Crippen molar-refractivity contribution in [3.05, 3.63) is 99.8 Å². The topological polar surface area (TPSA) is 88.0 Å². The van der Waals surface area contributed by atoms with Gasteiger partial charge in [0.05, 0.1) is 17.9 Å². The molecule has 6 nitrogen and oxygen atoms in total. The average Bonchev–Trinajstić information content (AvgIpc) is 3.11. The lowest BCUT2D eigenvalue weighted by Gasteiger charge is -2.19. The highest BCUT2D eigenvalue weighted by Gasteiger charge is 2.24. The van der Waals surface area contributed by atoms with Crippen molar-refractivity contribution in [1.82, 2.24) is 15.3 Å². The molecule has 1 amide bonds. The number of H-pyrrole nitrogens is 1. The Morgan fingerprint density at radius 2 is 1.80 bits per heavy atom. The van der Waals surface area contributed by atoms with Crippen LogP contribution in [0, 0.1) is 6.92 Å². The molecule has 4 rings (SSSR count). The summed E-state index contributed by atoms with van der Waals surface area (Å²) < 4.78 is 5.54. The molecule has 0 fully saturated rings. The second-order valence-corrected chi connectivity index (χ2v) is 7.26. The van der Waals surface area contributed by atoms with Crippen molar-refractivity contribution in [3.8, 4) is 0 Å². The van der Waals surface area contributed by atoms with E-state index in [0.717, 1.165) is 24.8 Å². The normalized spacial score (nSPS) is 12.0. The lowest BCUT2D eigenvalue weighted by atomic mass is 9.98. The Labute approximate surface area is 174 Å². The first-order valence-electron chi connectivity index (χ1n) is 10.00. The number of rotatable bonds is 7. The van der Waals surface area contributed by atoms with Gasteiger partial charge in [-0.15, -0.1) is 0 Å². The van der Waals surface area contributed by atoms with Crippen LogP contribution in [0.1, 0.15) is 46.1 Å². The molecule has 0 aliphatic heterocycles. The Balaban J connectivity index is 1.57. The quantitative estimate of drug-likeness (QED) is 0.483. The number of aromatic nitrogens is 2. The summed E-state index contributed by atoms with van der Waals surface area (Å²) in [5.74, 6) is 0.0427. The molecular formula is C24H23N3O3. The van der Waals surface area contributed by atoms with Gasteiger partial charge in [0.15, 0.2) is 0 Å². The van der Waals surface area contributed by atoms with E-state index in [-0.39, 0.29) is 34.2 Å². The third-order valence-electron chi connectivity index (χ3n) is 5.21. The fraction of sp³-hybridized carbons (Fsp3) is 0.208. The zero-order valence-electron chi connectivity index (χ0n) is 16.7. The number of nitrogens with one attached hydrogen (secondary N) is 2. The van der Waals surface area contributed by atoms with Gasteiger partial charge in [-0.1, -0.05) is 60.7 Å². The molecule has 0 aliphatic rings. The first-order chi connectivity index (χ1) is 14.6. The molecule has 0 saturated carbocycles. The molecule has 30 heavy (non-hydrogen) atoms. The molecule has 0 aliphatic carbocycles. The van der Waals surface area contributed by atoms with Gasteiger partial charge in [-0.25, -0.2) is 4.98 Å². The van der Waals surface area contributed by atoms with Crippen LogP contribution in [0.5, 0.6) is 0 Å². The van der Waals surface area contributed by atoms with E-state index in [4.69, 9.17) is 4.42 Å². The van der Waals surface area contributed by atoms with Gasteiger partial charge in [0.25, 0.3) is 11.5 Å².